The van der Waals surface area contributed by atoms with E-state index in [2.05, 4.69) is 10.2 Å². The minimum Gasteiger partial charge on any atom is -0.489 e. The van der Waals surface area contributed by atoms with E-state index in [-0.39, 0.29) is 11.1 Å². The number of hydrogen-bond donors (Lipinski definition) is 2. The third kappa shape index (κ3) is 5.22. The molecule has 6 aromatic rings. The molecular weight excluding hydrogens is 548 g/mol. The Morgan fingerprint density at radius 1 is 0.690 bits per heavy atom. The lowest BCUT2D eigenvalue weighted by Gasteiger charge is -2.17. The Balaban J connectivity index is 1.49. The van der Waals surface area contributed by atoms with Gasteiger partial charge in [-0.2, -0.15) is 0 Å². The van der Waals surface area contributed by atoms with Gasteiger partial charge in [0, 0.05) is 22.3 Å². The van der Waals surface area contributed by atoms with Gasteiger partial charge in [-0.3, -0.25) is 19.8 Å². The molecule has 0 fully saturated rings. The normalized spacial score (nSPS) is 11.2. The highest BCUT2D eigenvalue weighted by Crippen LogP contribution is 2.34. The number of rotatable bonds is 8. The second kappa shape index (κ2) is 11.5. The number of hydrogen-bond acceptors (Lipinski definition) is 3. The van der Waals surface area contributed by atoms with E-state index in [1.165, 1.54) is 9.36 Å². The van der Waals surface area contributed by atoms with E-state index >= 15 is 0 Å². The summed E-state index contributed by atoms with van der Waals surface area (Å²) >= 11 is 6.03. The van der Waals surface area contributed by atoms with Crippen LogP contribution in [0.2, 0.25) is 5.02 Å². The molecule has 0 spiro atoms. The Labute approximate surface area is 247 Å². The molecule has 0 unspecified atom stereocenters. The van der Waals surface area contributed by atoms with Crippen molar-refractivity contribution in [1.29, 1.82) is 0 Å². The second-order valence-electron chi connectivity index (χ2n) is 10.2. The minimum atomic E-state index is -0.661. The number of halogens is 1. The molecule has 0 aliphatic heterocycles. The first-order chi connectivity index (χ1) is 20.4. The maximum absolute atomic E-state index is 14.1. The van der Waals surface area contributed by atoms with E-state index in [0.29, 0.717) is 51.3 Å². The minimum absolute atomic E-state index is 0.220. The topological polar surface area (TPSA) is 84.8 Å². The van der Waals surface area contributed by atoms with E-state index in [0.717, 1.165) is 11.1 Å². The summed E-state index contributed by atoms with van der Waals surface area (Å²) in [6.07, 6.45) is 0. The molecule has 0 aliphatic rings. The van der Waals surface area contributed by atoms with E-state index in [4.69, 9.17) is 16.3 Å². The van der Waals surface area contributed by atoms with Crippen molar-refractivity contribution in [2.75, 3.05) is 0 Å². The predicted octanol–water partition coefficient (Wildman–Crippen LogP) is 6.67. The van der Waals surface area contributed by atoms with Crippen LogP contribution in [0.4, 0.5) is 0 Å². The number of ether oxygens (including phenoxy) is 1. The molecule has 0 atom stereocenters. The first kappa shape index (κ1) is 27.2. The average Bonchev–Trinajstić information content (AvgIpc) is 3.48. The van der Waals surface area contributed by atoms with Crippen LogP contribution in [0.15, 0.2) is 119 Å². The van der Waals surface area contributed by atoms with Gasteiger partial charge in [0.2, 0.25) is 0 Å². The Hall–Kier alpha value is -5.01. The molecule has 2 N–H and O–H groups in total. The largest absolute Gasteiger partial charge is 0.489 e. The summed E-state index contributed by atoms with van der Waals surface area (Å²) in [5.41, 5.74) is 5.06. The lowest BCUT2D eigenvalue weighted by molar-refractivity contribution is 0.306. The fourth-order valence-electron chi connectivity index (χ4n) is 5.33. The number of aryl methyl sites for hydroxylation is 2. The van der Waals surface area contributed by atoms with Gasteiger partial charge in [0.1, 0.15) is 12.4 Å². The van der Waals surface area contributed by atoms with Crippen molar-refractivity contribution in [2.45, 2.75) is 26.4 Å². The van der Waals surface area contributed by atoms with Crippen molar-refractivity contribution >= 4 is 11.6 Å². The Kier molecular flexibility index (Phi) is 7.42. The summed E-state index contributed by atoms with van der Waals surface area (Å²) in [5, 5.41) is 7.13. The first-order valence-corrected chi connectivity index (χ1v) is 14.0. The molecule has 42 heavy (non-hydrogen) atoms. The molecule has 0 bridgehead atoms. The Morgan fingerprint density at radius 3 is 1.74 bits per heavy atom. The number of para-hydroxylation sites is 2. The summed E-state index contributed by atoms with van der Waals surface area (Å²) in [4.78, 5) is 28.1. The number of nitrogens with zero attached hydrogens (tertiary/aromatic N) is 2. The van der Waals surface area contributed by atoms with Gasteiger partial charge in [0.15, 0.2) is 0 Å². The predicted molar refractivity (Wildman–Crippen MR) is 165 cm³/mol. The van der Waals surface area contributed by atoms with Gasteiger partial charge in [-0.1, -0.05) is 72.3 Å². The van der Waals surface area contributed by atoms with E-state index in [1.807, 2.05) is 123 Å². The summed E-state index contributed by atoms with van der Waals surface area (Å²) in [7, 11) is 0. The fourth-order valence-corrected chi connectivity index (χ4v) is 5.45. The molecule has 0 radical (unpaired) electrons. The molecule has 2 heterocycles. The maximum atomic E-state index is 14.1. The highest BCUT2D eigenvalue weighted by molar-refractivity contribution is 6.30. The van der Waals surface area contributed by atoms with Crippen LogP contribution in [0, 0.1) is 13.8 Å². The maximum Gasteiger partial charge on any atom is 0.275 e. The van der Waals surface area contributed by atoms with Crippen LogP contribution in [-0.4, -0.2) is 19.6 Å². The van der Waals surface area contributed by atoms with Crippen molar-refractivity contribution in [1.82, 2.24) is 19.6 Å². The number of nitrogens with one attached hydrogen (secondary N) is 2. The van der Waals surface area contributed by atoms with Gasteiger partial charge in [0.05, 0.1) is 22.5 Å². The Bertz CT molecular complexity index is 1850. The van der Waals surface area contributed by atoms with Gasteiger partial charge < -0.3 is 4.74 Å². The molecule has 4 aromatic carbocycles. The van der Waals surface area contributed by atoms with Crippen molar-refractivity contribution in [2.24, 2.45) is 0 Å². The number of H-pyrrole nitrogens is 2. The summed E-state index contributed by atoms with van der Waals surface area (Å²) in [6.45, 7) is 4.07. The number of benzene rings is 4. The molecule has 8 heteroatoms. The lowest BCUT2D eigenvalue weighted by Crippen LogP contribution is -2.25. The molecule has 0 amide bonds. The van der Waals surface area contributed by atoms with Crippen molar-refractivity contribution in [3.05, 3.63) is 169 Å². The van der Waals surface area contributed by atoms with Crippen LogP contribution < -0.4 is 15.9 Å². The summed E-state index contributed by atoms with van der Waals surface area (Å²) < 4.78 is 9.19. The molecule has 0 saturated carbocycles. The Morgan fingerprint density at radius 2 is 1.21 bits per heavy atom. The van der Waals surface area contributed by atoms with Crippen LogP contribution in [0.1, 0.15) is 39.6 Å². The molecule has 6 rings (SSSR count). The van der Waals surface area contributed by atoms with Gasteiger partial charge in [-0.25, -0.2) is 9.36 Å². The van der Waals surface area contributed by atoms with Crippen molar-refractivity contribution < 1.29 is 4.74 Å². The van der Waals surface area contributed by atoms with Crippen molar-refractivity contribution in [3.63, 3.8) is 0 Å². The average molecular weight is 577 g/mol. The zero-order valence-corrected chi connectivity index (χ0v) is 23.9. The smallest absolute Gasteiger partial charge is 0.275 e. The van der Waals surface area contributed by atoms with Gasteiger partial charge >= 0.3 is 0 Å². The molecule has 2 aromatic heterocycles. The summed E-state index contributed by atoms with van der Waals surface area (Å²) in [6, 6.07) is 33.9. The molecule has 0 saturated heterocycles. The van der Waals surface area contributed by atoms with Crippen LogP contribution >= 0.6 is 11.6 Å². The van der Waals surface area contributed by atoms with Gasteiger partial charge in [0.25, 0.3) is 11.1 Å². The van der Waals surface area contributed by atoms with Crippen LogP contribution in [-0.2, 0) is 6.61 Å². The third-order valence-corrected chi connectivity index (χ3v) is 7.60. The zero-order valence-electron chi connectivity index (χ0n) is 23.2. The van der Waals surface area contributed by atoms with Gasteiger partial charge in [-0.15, -0.1) is 0 Å². The summed E-state index contributed by atoms with van der Waals surface area (Å²) in [5.74, 6) is -0.0351. The van der Waals surface area contributed by atoms with Crippen LogP contribution in [0.5, 0.6) is 5.75 Å². The van der Waals surface area contributed by atoms with E-state index < -0.39 is 5.92 Å². The standard InChI is InChI=1S/C34H29ClN4O3/c1-22-30(33(40)38(36-22)27-11-5-3-6-12-27)32(31-23(2)37-39(34(31)41)28-13-7-4-8-14-28)25-10-9-15-29(20-25)42-21-24-16-18-26(35)19-17-24/h3-20,32,36-37H,21H2,1-2H3. The second-order valence-corrected chi connectivity index (χ2v) is 10.6. The number of aromatic amines is 2. The lowest BCUT2D eigenvalue weighted by atomic mass is 9.85. The molecule has 210 valence electrons. The SMILES string of the molecule is Cc1[nH]n(-c2ccccc2)c(=O)c1C(c1cccc(OCc2ccc(Cl)cc2)c1)c1c(C)[nH]n(-c2ccccc2)c1=O. The van der Waals surface area contributed by atoms with Crippen LogP contribution in [0.25, 0.3) is 11.4 Å². The van der Waals surface area contributed by atoms with Gasteiger partial charge in [-0.05, 0) is 73.5 Å². The van der Waals surface area contributed by atoms with Crippen LogP contribution in [0.3, 0.4) is 0 Å². The van der Waals surface area contributed by atoms with Crippen molar-refractivity contribution in [3.8, 4) is 17.1 Å². The highest BCUT2D eigenvalue weighted by Gasteiger charge is 2.31. The van der Waals surface area contributed by atoms with E-state index in [1.54, 1.807) is 0 Å². The quantitative estimate of drug-likeness (QED) is 0.212. The monoisotopic (exact) mass is 576 g/mol. The third-order valence-electron chi connectivity index (χ3n) is 7.35. The molecule has 0 aliphatic carbocycles. The number of aromatic nitrogens is 4. The molecular formula is C34H29ClN4O3. The first-order valence-electron chi connectivity index (χ1n) is 13.6. The highest BCUT2D eigenvalue weighted by atomic mass is 35.5. The fraction of sp³-hybridized carbons (Fsp3) is 0.118. The molecule has 7 nitrogen and oxygen atoms in total. The van der Waals surface area contributed by atoms with E-state index in [9.17, 15) is 9.59 Å². The zero-order chi connectivity index (χ0) is 29.2.